The Morgan fingerprint density at radius 3 is 2.26 bits per heavy atom. The highest BCUT2D eigenvalue weighted by molar-refractivity contribution is 5.77. The average molecular weight is 264 g/mol. The Bertz CT molecular complexity index is 436. The van der Waals surface area contributed by atoms with Crippen molar-refractivity contribution in [1.82, 2.24) is 0 Å². The lowest BCUT2D eigenvalue weighted by atomic mass is 9.97. The molecule has 1 aromatic carbocycles. The third-order valence-corrected chi connectivity index (χ3v) is 3.32. The van der Waals surface area contributed by atoms with Crippen LogP contribution in [0, 0.1) is 5.92 Å². The molecule has 0 amide bonds. The third kappa shape index (κ3) is 4.39. The molecule has 1 rings (SSSR count). The van der Waals surface area contributed by atoms with Crippen molar-refractivity contribution in [2.24, 2.45) is 5.92 Å². The zero-order valence-corrected chi connectivity index (χ0v) is 11.6. The summed E-state index contributed by atoms with van der Waals surface area (Å²) in [5.74, 6) is -1.64. The number of ether oxygens (including phenoxy) is 1. The summed E-state index contributed by atoms with van der Waals surface area (Å²) < 4.78 is 4.70. The average Bonchev–Trinajstić information content (AvgIpc) is 2.43. The van der Waals surface area contributed by atoms with E-state index >= 15 is 0 Å². The first-order valence-corrected chi connectivity index (χ1v) is 6.35. The van der Waals surface area contributed by atoms with E-state index in [9.17, 15) is 9.59 Å². The van der Waals surface area contributed by atoms with E-state index < -0.39 is 5.97 Å². The largest absolute Gasteiger partial charge is 0.481 e. The summed E-state index contributed by atoms with van der Waals surface area (Å²) in [5.41, 5.74) is 1.98. The minimum Gasteiger partial charge on any atom is -0.481 e. The molecule has 0 spiro atoms. The number of methoxy groups -OCH3 is 1. The summed E-state index contributed by atoms with van der Waals surface area (Å²) in [7, 11) is 1.38. The molecule has 0 heterocycles. The molecule has 2 unspecified atom stereocenters. The number of aliphatic carboxylic acids is 1. The molecule has 19 heavy (non-hydrogen) atoms. The van der Waals surface area contributed by atoms with Gasteiger partial charge in [0, 0.05) is 0 Å². The molecule has 0 saturated heterocycles. The van der Waals surface area contributed by atoms with Gasteiger partial charge in [-0.15, -0.1) is 0 Å². The van der Waals surface area contributed by atoms with Crippen LogP contribution in [0.5, 0.6) is 0 Å². The lowest BCUT2D eigenvalue weighted by molar-refractivity contribution is -0.142. The Morgan fingerprint density at radius 2 is 1.79 bits per heavy atom. The maximum Gasteiger partial charge on any atom is 0.312 e. The van der Waals surface area contributed by atoms with Crippen molar-refractivity contribution in [2.45, 2.75) is 32.6 Å². The van der Waals surface area contributed by atoms with Gasteiger partial charge in [-0.25, -0.2) is 0 Å². The van der Waals surface area contributed by atoms with Gasteiger partial charge in [0.15, 0.2) is 0 Å². The van der Waals surface area contributed by atoms with E-state index in [-0.39, 0.29) is 17.8 Å². The van der Waals surface area contributed by atoms with Crippen LogP contribution in [0.2, 0.25) is 0 Å². The lowest BCUT2D eigenvalue weighted by Gasteiger charge is -2.11. The first-order valence-electron chi connectivity index (χ1n) is 6.35. The van der Waals surface area contributed by atoms with E-state index in [4.69, 9.17) is 9.84 Å². The molecule has 1 aromatic rings. The minimum absolute atomic E-state index is 0.257. The molecule has 0 fully saturated rings. The highest BCUT2D eigenvalue weighted by atomic mass is 16.5. The van der Waals surface area contributed by atoms with Crippen LogP contribution in [0.1, 0.15) is 37.3 Å². The fourth-order valence-corrected chi connectivity index (χ4v) is 1.79. The lowest BCUT2D eigenvalue weighted by Crippen LogP contribution is -2.11. The summed E-state index contributed by atoms with van der Waals surface area (Å²) in [6.45, 7) is 3.50. The Morgan fingerprint density at radius 1 is 1.21 bits per heavy atom. The highest BCUT2D eigenvalue weighted by Crippen LogP contribution is 2.18. The van der Waals surface area contributed by atoms with Gasteiger partial charge in [0.1, 0.15) is 0 Å². The van der Waals surface area contributed by atoms with Gasteiger partial charge in [-0.1, -0.05) is 31.2 Å². The Balaban J connectivity index is 2.61. The molecule has 0 saturated carbocycles. The van der Waals surface area contributed by atoms with Gasteiger partial charge in [-0.3, -0.25) is 9.59 Å². The number of carbonyl (C=O) groups excluding carboxylic acids is 1. The normalized spacial score (nSPS) is 13.6. The topological polar surface area (TPSA) is 63.6 Å². The molecule has 1 N–H and O–H groups in total. The van der Waals surface area contributed by atoms with E-state index in [0.717, 1.165) is 17.5 Å². The number of hydrogen-bond acceptors (Lipinski definition) is 3. The predicted molar refractivity (Wildman–Crippen MR) is 72.0 cm³/mol. The van der Waals surface area contributed by atoms with Gasteiger partial charge in [0.2, 0.25) is 0 Å². The van der Waals surface area contributed by atoms with Crippen molar-refractivity contribution in [3.05, 3.63) is 35.4 Å². The maximum absolute atomic E-state index is 11.4. The number of carboxylic acids is 1. The standard InChI is InChI=1S/C15H20O4/c1-10(14(16)17)4-5-12-6-8-13(9-7-12)11(2)15(18)19-3/h6-11H,4-5H2,1-3H3,(H,16,17). The zero-order valence-electron chi connectivity index (χ0n) is 11.6. The Labute approximate surface area is 113 Å². The molecule has 0 aliphatic carbocycles. The van der Waals surface area contributed by atoms with E-state index in [1.54, 1.807) is 13.8 Å². The van der Waals surface area contributed by atoms with E-state index in [1.165, 1.54) is 7.11 Å². The number of aryl methyl sites for hydroxylation is 1. The third-order valence-electron chi connectivity index (χ3n) is 3.32. The smallest absolute Gasteiger partial charge is 0.312 e. The molecule has 0 aliphatic rings. The van der Waals surface area contributed by atoms with Crippen LogP contribution in [0.3, 0.4) is 0 Å². The molecular formula is C15H20O4. The number of rotatable bonds is 6. The van der Waals surface area contributed by atoms with Crippen molar-refractivity contribution in [3.8, 4) is 0 Å². The van der Waals surface area contributed by atoms with Crippen LogP contribution in [0.15, 0.2) is 24.3 Å². The van der Waals surface area contributed by atoms with E-state index in [2.05, 4.69) is 0 Å². The van der Waals surface area contributed by atoms with Crippen molar-refractivity contribution in [3.63, 3.8) is 0 Å². The van der Waals surface area contributed by atoms with E-state index in [0.29, 0.717) is 6.42 Å². The van der Waals surface area contributed by atoms with Crippen LogP contribution >= 0.6 is 0 Å². The van der Waals surface area contributed by atoms with Crippen LogP contribution in [0.25, 0.3) is 0 Å². The molecule has 0 bridgehead atoms. The minimum atomic E-state index is -0.768. The molecule has 0 radical (unpaired) electrons. The number of carbonyl (C=O) groups is 2. The van der Waals surface area contributed by atoms with Gasteiger partial charge in [-0.2, -0.15) is 0 Å². The quantitative estimate of drug-likeness (QED) is 0.802. The van der Waals surface area contributed by atoms with Crippen LogP contribution < -0.4 is 0 Å². The van der Waals surface area contributed by atoms with Gasteiger partial charge in [-0.05, 0) is 30.9 Å². The Kier molecular flexibility index (Phi) is 5.55. The molecule has 4 nitrogen and oxygen atoms in total. The van der Waals surface area contributed by atoms with Gasteiger partial charge in [0.05, 0.1) is 18.9 Å². The Hall–Kier alpha value is -1.84. The maximum atomic E-state index is 11.4. The number of esters is 1. The molecular weight excluding hydrogens is 244 g/mol. The van der Waals surface area contributed by atoms with Gasteiger partial charge >= 0.3 is 11.9 Å². The summed E-state index contributed by atoms with van der Waals surface area (Å²) >= 11 is 0. The monoisotopic (exact) mass is 264 g/mol. The number of benzene rings is 1. The summed E-state index contributed by atoms with van der Waals surface area (Å²) in [6, 6.07) is 7.65. The molecule has 4 heteroatoms. The van der Waals surface area contributed by atoms with Crippen molar-refractivity contribution < 1.29 is 19.4 Å². The second-order valence-corrected chi connectivity index (χ2v) is 4.76. The van der Waals surface area contributed by atoms with Gasteiger partial charge in [0.25, 0.3) is 0 Å². The van der Waals surface area contributed by atoms with Crippen LogP contribution in [-0.2, 0) is 20.7 Å². The molecule has 0 aromatic heterocycles. The highest BCUT2D eigenvalue weighted by Gasteiger charge is 2.15. The first-order chi connectivity index (χ1) is 8.95. The van der Waals surface area contributed by atoms with Crippen molar-refractivity contribution in [2.75, 3.05) is 7.11 Å². The summed E-state index contributed by atoms with van der Waals surface area (Å²) in [4.78, 5) is 22.1. The van der Waals surface area contributed by atoms with Crippen molar-refractivity contribution in [1.29, 1.82) is 0 Å². The van der Waals surface area contributed by atoms with Crippen molar-refractivity contribution >= 4 is 11.9 Å². The van der Waals surface area contributed by atoms with Crippen LogP contribution in [0.4, 0.5) is 0 Å². The molecule has 2 atom stereocenters. The second kappa shape index (κ2) is 6.92. The summed E-state index contributed by atoms with van der Waals surface area (Å²) in [6.07, 6.45) is 1.33. The molecule has 104 valence electrons. The fraction of sp³-hybridized carbons (Fsp3) is 0.467. The number of hydrogen-bond donors (Lipinski definition) is 1. The number of carboxylic acid groups (broad SMARTS) is 1. The zero-order chi connectivity index (χ0) is 14.4. The molecule has 0 aliphatic heterocycles. The van der Waals surface area contributed by atoms with Crippen LogP contribution in [-0.4, -0.2) is 24.2 Å². The SMILES string of the molecule is COC(=O)C(C)c1ccc(CCC(C)C(=O)O)cc1. The fourth-order valence-electron chi connectivity index (χ4n) is 1.79. The van der Waals surface area contributed by atoms with Gasteiger partial charge < -0.3 is 9.84 Å². The van der Waals surface area contributed by atoms with E-state index in [1.807, 2.05) is 24.3 Å². The predicted octanol–water partition coefficient (Wildman–Crippen LogP) is 2.62. The second-order valence-electron chi connectivity index (χ2n) is 4.76. The summed E-state index contributed by atoms with van der Waals surface area (Å²) in [5, 5.41) is 8.81. The first kappa shape index (κ1) is 15.2.